The second kappa shape index (κ2) is 64.1. The molecule has 0 spiro atoms. The van der Waals surface area contributed by atoms with E-state index in [1.807, 2.05) is 0 Å². The second-order valence-electron chi connectivity index (χ2n) is 26.9. The Kier molecular flexibility index (Phi) is 62.7. The summed E-state index contributed by atoms with van der Waals surface area (Å²) in [5.74, 6) is -0.627. The molecule has 0 saturated carbocycles. The highest BCUT2D eigenvalue weighted by molar-refractivity contribution is 7.47. The number of unbranched alkanes of at least 4 members (excludes halogenated alkanes) is 41. The maximum atomic E-state index is 13.0. The first-order valence-corrected chi connectivity index (χ1v) is 40.5. The minimum Gasteiger partial charge on any atom is -0.462 e. The lowest BCUT2D eigenvalue weighted by molar-refractivity contribution is -0.161. The van der Waals surface area contributed by atoms with Gasteiger partial charge in [-0.3, -0.25) is 37.3 Å². The molecule has 0 aliphatic carbocycles. The average Bonchev–Trinajstić information content (AvgIpc) is 2.03. The molecule has 0 fully saturated rings. The van der Waals surface area contributed by atoms with E-state index >= 15 is 0 Å². The molecule has 19 heteroatoms. The van der Waals surface area contributed by atoms with Gasteiger partial charge in [0, 0.05) is 25.7 Å². The van der Waals surface area contributed by atoms with E-state index in [0.717, 1.165) is 115 Å². The first-order valence-electron chi connectivity index (χ1n) is 37.5. The molecule has 0 rings (SSSR count). The molecule has 0 bridgehead atoms. The fraction of sp³-hybridized carbons (Fsp3) is 0.944. The van der Waals surface area contributed by atoms with E-state index in [-0.39, 0.29) is 25.7 Å². The van der Waals surface area contributed by atoms with Crippen LogP contribution in [0.25, 0.3) is 0 Å². The Morgan fingerprint density at radius 2 is 0.505 bits per heavy atom. The summed E-state index contributed by atoms with van der Waals surface area (Å²) < 4.78 is 68.2. The van der Waals surface area contributed by atoms with Crippen LogP contribution in [-0.4, -0.2) is 96.7 Å². The number of hydrogen-bond acceptors (Lipinski definition) is 15. The Balaban J connectivity index is 5.19. The fourth-order valence-corrected chi connectivity index (χ4v) is 12.5. The largest absolute Gasteiger partial charge is 0.472 e. The van der Waals surface area contributed by atoms with Crippen molar-refractivity contribution in [2.75, 3.05) is 39.6 Å². The van der Waals surface area contributed by atoms with E-state index in [1.54, 1.807) is 0 Å². The van der Waals surface area contributed by atoms with Gasteiger partial charge in [0.15, 0.2) is 12.2 Å². The van der Waals surface area contributed by atoms with Crippen LogP contribution in [0, 0.1) is 11.8 Å². The maximum absolute atomic E-state index is 13.0. The van der Waals surface area contributed by atoms with Crippen molar-refractivity contribution in [1.29, 1.82) is 0 Å². The molecule has 0 radical (unpaired) electrons. The van der Waals surface area contributed by atoms with Crippen LogP contribution in [0.15, 0.2) is 0 Å². The van der Waals surface area contributed by atoms with E-state index in [9.17, 15) is 43.2 Å². The van der Waals surface area contributed by atoms with Gasteiger partial charge in [-0.2, -0.15) is 0 Å². The Morgan fingerprint density at radius 1 is 0.297 bits per heavy atom. The molecule has 3 N–H and O–H groups in total. The Hall–Kier alpha value is -1.94. The number of hydrogen-bond donors (Lipinski definition) is 3. The quantitative estimate of drug-likeness (QED) is 0.0222. The minimum atomic E-state index is -4.95. The molecule has 17 nitrogen and oxygen atoms in total. The highest BCUT2D eigenvalue weighted by atomic mass is 31.2. The Morgan fingerprint density at radius 3 is 0.747 bits per heavy atom. The molecule has 540 valence electrons. The van der Waals surface area contributed by atoms with E-state index in [0.29, 0.717) is 25.7 Å². The number of carbonyl (C=O) groups is 4. The van der Waals surface area contributed by atoms with Crippen molar-refractivity contribution in [1.82, 2.24) is 0 Å². The molecule has 2 unspecified atom stereocenters. The lowest BCUT2D eigenvalue weighted by Gasteiger charge is -2.21. The Bertz CT molecular complexity index is 1770. The minimum absolute atomic E-state index is 0.104. The van der Waals surface area contributed by atoms with Gasteiger partial charge in [-0.15, -0.1) is 0 Å². The summed E-state index contributed by atoms with van der Waals surface area (Å²) in [5, 5.41) is 10.6. The molecule has 91 heavy (non-hydrogen) atoms. The molecule has 0 aromatic carbocycles. The van der Waals surface area contributed by atoms with Crippen LogP contribution in [0.5, 0.6) is 0 Å². The van der Waals surface area contributed by atoms with Gasteiger partial charge in [-0.25, -0.2) is 9.13 Å². The van der Waals surface area contributed by atoms with Gasteiger partial charge < -0.3 is 33.8 Å². The van der Waals surface area contributed by atoms with Crippen molar-refractivity contribution >= 4 is 39.5 Å². The number of phosphoric acid groups is 2. The van der Waals surface area contributed by atoms with E-state index in [1.165, 1.54) is 173 Å². The maximum Gasteiger partial charge on any atom is 0.472 e. The SMILES string of the molecule is CCCCCCCCCCCCCCCCCCCCC(=O)O[C@H](COC(=O)CCCCCCCCCCCCCCC(C)C)COP(=O)(O)OC[C@@H](O)COP(=O)(O)OC[C@@H](COC(=O)CCCCCCCCC)OC(=O)CCCCCCCCCCC(C)C. The molecular formula is C72H140O17P2. The standard InChI is InChI=1S/C72H140O17P2/c1-7-9-11-13-15-16-17-18-19-20-21-22-23-28-31-38-44-50-56-71(76)88-68(61-83-70(75)55-49-43-37-30-27-25-24-26-29-35-40-46-52-64(3)4)63-87-91(80,81)85-59-66(73)58-84-90(78,79)86-62-67(60-82-69(74)54-48-42-34-14-12-10-8-2)89-72(77)57-51-45-39-33-32-36-41-47-53-65(5)6/h64-68,73H,7-63H2,1-6H3,(H,78,79)(H,80,81)/t66-,67+,68+/m0/s1. The molecule has 0 saturated heterocycles. The first-order chi connectivity index (χ1) is 43.9. The summed E-state index contributed by atoms with van der Waals surface area (Å²) in [6, 6.07) is 0. The van der Waals surface area contributed by atoms with Gasteiger partial charge in [0.05, 0.1) is 26.4 Å². The highest BCUT2D eigenvalue weighted by Gasteiger charge is 2.30. The number of esters is 4. The van der Waals surface area contributed by atoms with E-state index < -0.39 is 97.5 Å². The molecule has 0 aliphatic heterocycles. The van der Waals surface area contributed by atoms with Crippen molar-refractivity contribution in [3.8, 4) is 0 Å². The number of rotatable bonds is 71. The van der Waals surface area contributed by atoms with E-state index in [4.69, 9.17) is 37.0 Å². The normalized spacial score (nSPS) is 14.1. The van der Waals surface area contributed by atoms with Gasteiger partial charge in [0.2, 0.25) is 0 Å². The van der Waals surface area contributed by atoms with Gasteiger partial charge in [-0.05, 0) is 37.5 Å². The molecule has 0 heterocycles. The van der Waals surface area contributed by atoms with Crippen LogP contribution in [-0.2, 0) is 65.4 Å². The van der Waals surface area contributed by atoms with E-state index in [2.05, 4.69) is 41.5 Å². The van der Waals surface area contributed by atoms with Crippen LogP contribution in [0.2, 0.25) is 0 Å². The number of carbonyl (C=O) groups excluding carboxylic acids is 4. The molecular weight excluding hydrogens is 1200 g/mol. The van der Waals surface area contributed by atoms with Crippen molar-refractivity contribution in [2.45, 2.75) is 387 Å². The summed E-state index contributed by atoms with van der Waals surface area (Å²) in [7, 11) is -9.90. The fourth-order valence-electron chi connectivity index (χ4n) is 10.9. The van der Waals surface area contributed by atoms with Crippen LogP contribution < -0.4 is 0 Å². The zero-order valence-electron chi connectivity index (χ0n) is 59.1. The highest BCUT2D eigenvalue weighted by Crippen LogP contribution is 2.45. The van der Waals surface area contributed by atoms with Crippen molar-refractivity contribution in [3.63, 3.8) is 0 Å². The van der Waals surface area contributed by atoms with Crippen LogP contribution in [0.1, 0.15) is 369 Å². The zero-order valence-corrected chi connectivity index (χ0v) is 60.9. The topological polar surface area (TPSA) is 237 Å². The summed E-state index contributed by atoms with van der Waals surface area (Å²) in [4.78, 5) is 72.5. The molecule has 0 aliphatic rings. The number of aliphatic hydroxyl groups is 1. The average molecular weight is 1340 g/mol. The Labute approximate surface area is 556 Å². The van der Waals surface area contributed by atoms with Crippen LogP contribution in [0.3, 0.4) is 0 Å². The third kappa shape index (κ3) is 66.5. The predicted molar refractivity (Wildman–Crippen MR) is 368 cm³/mol. The zero-order chi connectivity index (χ0) is 67.2. The molecule has 0 aromatic heterocycles. The van der Waals surface area contributed by atoms with Crippen LogP contribution >= 0.6 is 15.6 Å². The third-order valence-electron chi connectivity index (χ3n) is 16.7. The summed E-state index contributed by atoms with van der Waals surface area (Å²) in [6.07, 6.45) is 50.2. The summed E-state index contributed by atoms with van der Waals surface area (Å²) in [5.41, 5.74) is 0. The van der Waals surface area contributed by atoms with Crippen molar-refractivity contribution in [2.24, 2.45) is 11.8 Å². The van der Waals surface area contributed by atoms with Crippen LogP contribution in [0.4, 0.5) is 0 Å². The predicted octanol–water partition coefficient (Wildman–Crippen LogP) is 20.8. The number of phosphoric ester groups is 2. The van der Waals surface area contributed by atoms with Gasteiger partial charge >= 0.3 is 39.5 Å². The first kappa shape index (κ1) is 89.1. The number of aliphatic hydroxyl groups excluding tert-OH is 1. The smallest absolute Gasteiger partial charge is 0.462 e. The van der Waals surface area contributed by atoms with Crippen molar-refractivity contribution < 1.29 is 80.2 Å². The lowest BCUT2D eigenvalue weighted by atomic mass is 10.0. The number of ether oxygens (including phenoxy) is 4. The summed E-state index contributed by atoms with van der Waals surface area (Å²) >= 11 is 0. The second-order valence-corrected chi connectivity index (χ2v) is 29.8. The molecule has 0 aromatic rings. The van der Waals surface area contributed by atoms with Gasteiger partial charge in [0.25, 0.3) is 0 Å². The van der Waals surface area contributed by atoms with Gasteiger partial charge in [0.1, 0.15) is 19.3 Å². The summed E-state index contributed by atoms with van der Waals surface area (Å²) in [6.45, 7) is 9.49. The molecule has 0 amide bonds. The third-order valence-corrected chi connectivity index (χ3v) is 18.6. The monoisotopic (exact) mass is 1340 g/mol. The van der Waals surface area contributed by atoms with Crippen molar-refractivity contribution in [3.05, 3.63) is 0 Å². The lowest BCUT2D eigenvalue weighted by Crippen LogP contribution is -2.30. The molecule has 5 atom stereocenters. The van der Waals surface area contributed by atoms with Gasteiger partial charge in [-0.1, -0.05) is 318 Å².